The van der Waals surface area contributed by atoms with Crippen molar-refractivity contribution in [2.75, 3.05) is 0 Å². The molecule has 0 aliphatic carbocycles. The van der Waals surface area contributed by atoms with Crippen molar-refractivity contribution in [2.45, 2.75) is 0 Å². The number of hydrogen-bond acceptors (Lipinski definition) is 1. The fourth-order valence-electron chi connectivity index (χ4n) is 3.50. The lowest BCUT2D eigenvalue weighted by Gasteiger charge is -2.05. The Hall–Kier alpha value is -2.32. The van der Waals surface area contributed by atoms with Gasteiger partial charge >= 0.3 is 0 Å². The first kappa shape index (κ1) is 12.3. The Morgan fingerprint density at radius 2 is 1.50 bits per heavy atom. The van der Waals surface area contributed by atoms with Crippen LogP contribution in [0.1, 0.15) is 0 Å². The molecule has 1 aromatic heterocycles. The van der Waals surface area contributed by atoms with Crippen molar-refractivity contribution in [2.24, 2.45) is 0 Å². The van der Waals surface area contributed by atoms with Crippen LogP contribution in [0.2, 0.25) is 0 Å². The minimum atomic E-state index is 1.31. The number of fused-ring (bicyclic) bond motifs is 6. The van der Waals surface area contributed by atoms with Gasteiger partial charge in [0.25, 0.3) is 0 Å². The lowest BCUT2D eigenvalue weighted by molar-refractivity contribution is 1.80. The first-order valence-corrected chi connectivity index (χ1v) is 8.36. The van der Waals surface area contributed by atoms with E-state index in [0.29, 0.717) is 0 Å². The molecule has 4 aromatic carbocycles. The quantitative estimate of drug-likeness (QED) is 0.289. The second-order valence-corrected chi connectivity index (χ2v) is 6.99. The maximum absolute atomic E-state index is 2.39. The van der Waals surface area contributed by atoms with Crippen LogP contribution < -0.4 is 5.46 Å². The number of rotatable bonds is 0. The molecule has 0 unspecified atom stereocenters. The highest BCUT2D eigenvalue weighted by molar-refractivity contribution is 7.26. The summed E-state index contributed by atoms with van der Waals surface area (Å²) < 4.78 is 2.77. The van der Waals surface area contributed by atoms with E-state index < -0.39 is 0 Å². The fourth-order valence-corrected chi connectivity index (χ4v) is 4.72. The Kier molecular flexibility index (Phi) is 2.42. The summed E-state index contributed by atoms with van der Waals surface area (Å²) >= 11 is 1.90. The molecule has 5 aromatic rings. The molecule has 0 aliphatic heterocycles. The Morgan fingerprint density at radius 1 is 0.636 bits per heavy atom. The third-order valence-corrected chi connectivity index (χ3v) is 5.69. The van der Waals surface area contributed by atoms with Crippen LogP contribution in [-0.4, -0.2) is 7.85 Å². The Bertz CT molecular complexity index is 1180. The number of hydrogen-bond donors (Lipinski definition) is 0. The van der Waals surface area contributed by atoms with Gasteiger partial charge in [-0.3, -0.25) is 0 Å². The molecule has 22 heavy (non-hydrogen) atoms. The predicted molar refractivity (Wildman–Crippen MR) is 103 cm³/mol. The molecule has 0 fully saturated rings. The zero-order chi connectivity index (χ0) is 14.7. The average Bonchev–Trinajstić information content (AvgIpc) is 2.91. The Labute approximate surface area is 133 Å². The summed E-state index contributed by atoms with van der Waals surface area (Å²) in [5.41, 5.74) is 1.36. The van der Waals surface area contributed by atoms with Gasteiger partial charge in [-0.1, -0.05) is 54.0 Å². The SMILES string of the molecule is Bc1cccc2sc3cc4ccc5ccccc5c4cc3c12. The van der Waals surface area contributed by atoms with E-state index >= 15 is 0 Å². The highest BCUT2D eigenvalue weighted by Gasteiger charge is 2.09. The van der Waals surface area contributed by atoms with Crippen molar-refractivity contribution in [1.29, 1.82) is 0 Å². The monoisotopic (exact) mass is 296 g/mol. The van der Waals surface area contributed by atoms with E-state index in [-0.39, 0.29) is 0 Å². The van der Waals surface area contributed by atoms with E-state index in [1.807, 2.05) is 11.3 Å². The molecule has 0 bridgehead atoms. The lowest BCUT2D eigenvalue weighted by atomic mass is 9.90. The Balaban J connectivity index is 2.06. The second-order valence-electron chi connectivity index (χ2n) is 5.91. The van der Waals surface area contributed by atoms with Crippen LogP contribution in [-0.2, 0) is 0 Å². The van der Waals surface area contributed by atoms with E-state index in [4.69, 9.17) is 0 Å². The van der Waals surface area contributed by atoms with Crippen LogP contribution in [0.15, 0.2) is 66.7 Å². The zero-order valence-electron chi connectivity index (χ0n) is 12.3. The van der Waals surface area contributed by atoms with Gasteiger partial charge in [-0.05, 0) is 45.1 Å². The molecule has 0 N–H and O–H groups in total. The predicted octanol–water partition coefficient (Wildman–Crippen LogP) is 4.62. The van der Waals surface area contributed by atoms with Gasteiger partial charge in [0.05, 0.1) is 0 Å². The molecule has 0 radical (unpaired) electrons. The molecule has 0 atom stereocenters. The highest BCUT2D eigenvalue weighted by Crippen LogP contribution is 2.37. The van der Waals surface area contributed by atoms with Crippen LogP contribution >= 0.6 is 11.3 Å². The molecule has 0 spiro atoms. The van der Waals surface area contributed by atoms with Gasteiger partial charge in [0.15, 0.2) is 0 Å². The van der Waals surface area contributed by atoms with E-state index in [0.717, 1.165) is 0 Å². The summed E-state index contributed by atoms with van der Waals surface area (Å²) in [4.78, 5) is 0. The molecule has 0 amide bonds. The van der Waals surface area contributed by atoms with Crippen LogP contribution in [0.25, 0.3) is 41.7 Å². The topological polar surface area (TPSA) is 0 Å². The van der Waals surface area contributed by atoms with Crippen molar-refractivity contribution in [3.05, 3.63) is 66.7 Å². The van der Waals surface area contributed by atoms with Crippen molar-refractivity contribution < 1.29 is 0 Å². The van der Waals surface area contributed by atoms with Crippen molar-refractivity contribution >= 4 is 66.4 Å². The van der Waals surface area contributed by atoms with E-state index in [1.54, 1.807) is 0 Å². The van der Waals surface area contributed by atoms with Gasteiger partial charge in [0.2, 0.25) is 0 Å². The first-order valence-electron chi connectivity index (χ1n) is 7.54. The maximum atomic E-state index is 2.39. The summed E-state index contributed by atoms with van der Waals surface area (Å²) in [6, 6.07) is 24.5. The third-order valence-electron chi connectivity index (χ3n) is 4.57. The molecule has 2 heteroatoms. The molecule has 102 valence electrons. The van der Waals surface area contributed by atoms with E-state index in [9.17, 15) is 0 Å². The molecule has 0 nitrogen and oxygen atoms in total. The summed E-state index contributed by atoms with van der Waals surface area (Å²) in [5.74, 6) is 0. The normalized spacial score (nSPS) is 11.8. The number of benzene rings is 4. The molecule has 0 aliphatic rings. The van der Waals surface area contributed by atoms with Crippen molar-refractivity contribution in [3.8, 4) is 0 Å². The first-order chi connectivity index (χ1) is 10.8. The maximum Gasteiger partial charge on any atom is 0.140 e. The summed E-state index contributed by atoms with van der Waals surface area (Å²) in [5, 5.41) is 8.14. The minimum absolute atomic E-state index is 1.31. The van der Waals surface area contributed by atoms with Crippen LogP contribution in [0.3, 0.4) is 0 Å². The van der Waals surface area contributed by atoms with Gasteiger partial charge < -0.3 is 0 Å². The van der Waals surface area contributed by atoms with Crippen LogP contribution in [0.4, 0.5) is 0 Å². The third kappa shape index (κ3) is 1.59. The lowest BCUT2D eigenvalue weighted by Crippen LogP contribution is -2.00. The van der Waals surface area contributed by atoms with Gasteiger partial charge in [-0.15, -0.1) is 11.3 Å². The van der Waals surface area contributed by atoms with Gasteiger partial charge in [-0.25, -0.2) is 0 Å². The molecule has 1 heterocycles. The number of thiophene rings is 1. The average molecular weight is 296 g/mol. The molecule has 0 saturated carbocycles. The second kappa shape index (κ2) is 4.34. The van der Waals surface area contributed by atoms with Gasteiger partial charge in [-0.2, -0.15) is 0 Å². The largest absolute Gasteiger partial charge is 0.140 e. The van der Waals surface area contributed by atoms with Crippen molar-refractivity contribution in [3.63, 3.8) is 0 Å². The molecular formula is C20H13BS. The summed E-state index contributed by atoms with van der Waals surface area (Å²) in [6.45, 7) is 0. The fraction of sp³-hybridized carbons (Fsp3) is 0. The van der Waals surface area contributed by atoms with Crippen LogP contribution in [0.5, 0.6) is 0 Å². The smallest absolute Gasteiger partial charge is 0.135 e. The summed E-state index contributed by atoms with van der Waals surface area (Å²) in [6.07, 6.45) is 0. The van der Waals surface area contributed by atoms with Gasteiger partial charge in [0, 0.05) is 14.8 Å². The summed E-state index contributed by atoms with van der Waals surface area (Å²) in [7, 11) is 2.21. The van der Waals surface area contributed by atoms with Gasteiger partial charge in [0.1, 0.15) is 7.85 Å². The van der Waals surface area contributed by atoms with Crippen LogP contribution in [0, 0.1) is 0 Å². The van der Waals surface area contributed by atoms with E-state index in [2.05, 4.69) is 74.6 Å². The standard InChI is InChI=1S/C20H13BS/c21-17-6-3-7-18-20(17)16-11-15-13(10-19(16)22-18)9-8-12-4-1-2-5-14(12)15/h1-11H,21H2. The molecule has 5 rings (SSSR count). The highest BCUT2D eigenvalue weighted by atomic mass is 32.1. The zero-order valence-corrected chi connectivity index (χ0v) is 13.1. The molecular weight excluding hydrogens is 283 g/mol. The van der Waals surface area contributed by atoms with Crippen molar-refractivity contribution in [1.82, 2.24) is 0 Å². The minimum Gasteiger partial charge on any atom is -0.135 e. The Morgan fingerprint density at radius 3 is 2.45 bits per heavy atom. The van der Waals surface area contributed by atoms with E-state index in [1.165, 1.54) is 47.2 Å². The molecule has 0 saturated heterocycles.